The normalized spacial score (nSPS) is 10.7. The van der Waals surface area contributed by atoms with E-state index in [4.69, 9.17) is 28.9 Å². The molecule has 0 aliphatic rings. The lowest BCUT2D eigenvalue weighted by atomic mass is 10.1. The first-order valence-corrected chi connectivity index (χ1v) is 7.49. The second-order valence-electron chi connectivity index (χ2n) is 4.23. The van der Waals surface area contributed by atoms with Crippen LogP contribution in [-0.2, 0) is 0 Å². The molecule has 5 heteroatoms. The number of nitrogens with zero attached hydrogens (tertiary/aromatic N) is 1. The molecule has 1 heterocycles. The fraction of sp³-hybridized carbons (Fsp3) is 0. The van der Waals surface area contributed by atoms with E-state index in [-0.39, 0.29) is 0 Å². The SMILES string of the molecule is Nc1sc(-c2ccccc2)nc1-c1ccc(Cl)c(Cl)c1. The molecule has 20 heavy (non-hydrogen) atoms. The highest BCUT2D eigenvalue weighted by Crippen LogP contribution is 2.37. The zero-order valence-electron chi connectivity index (χ0n) is 10.3. The molecule has 0 atom stereocenters. The molecule has 3 aromatic rings. The van der Waals surface area contributed by atoms with E-state index in [0.29, 0.717) is 15.0 Å². The Morgan fingerprint density at radius 1 is 0.900 bits per heavy atom. The first-order valence-electron chi connectivity index (χ1n) is 5.92. The van der Waals surface area contributed by atoms with E-state index in [1.165, 1.54) is 11.3 Å². The molecule has 2 nitrogen and oxygen atoms in total. The predicted octanol–water partition coefficient (Wildman–Crippen LogP) is 5.37. The highest BCUT2D eigenvalue weighted by Gasteiger charge is 2.13. The molecule has 3 rings (SSSR count). The van der Waals surface area contributed by atoms with Crippen LogP contribution in [0.5, 0.6) is 0 Å². The van der Waals surface area contributed by atoms with Crippen LogP contribution in [0.4, 0.5) is 5.00 Å². The maximum absolute atomic E-state index is 6.08. The number of anilines is 1. The van der Waals surface area contributed by atoms with Gasteiger partial charge in [-0.3, -0.25) is 0 Å². The van der Waals surface area contributed by atoms with Gasteiger partial charge in [-0.25, -0.2) is 4.98 Å². The van der Waals surface area contributed by atoms with Gasteiger partial charge in [0.1, 0.15) is 15.7 Å². The molecule has 0 radical (unpaired) electrons. The van der Waals surface area contributed by atoms with Crippen molar-refractivity contribution in [2.24, 2.45) is 0 Å². The Hall–Kier alpha value is -1.55. The fourth-order valence-electron chi connectivity index (χ4n) is 1.89. The summed E-state index contributed by atoms with van der Waals surface area (Å²) in [5, 5.41) is 2.58. The van der Waals surface area contributed by atoms with E-state index in [0.717, 1.165) is 21.8 Å². The summed E-state index contributed by atoms with van der Waals surface area (Å²) in [5.41, 5.74) is 8.74. The summed E-state index contributed by atoms with van der Waals surface area (Å²) in [5.74, 6) is 0. The maximum Gasteiger partial charge on any atom is 0.126 e. The van der Waals surface area contributed by atoms with Crippen molar-refractivity contribution in [3.8, 4) is 21.8 Å². The second-order valence-corrected chi connectivity index (χ2v) is 6.07. The van der Waals surface area contributed by atoms with Gasteiger partial charge in [-0.1, -0.05) is 70.9 Å². The molecule has 0 spiro atoms. The average Bonchev–Trinajstić information content (AvgIpc) is 2.85. The third kappa shape index (κ3) is 2.52. The van der Waals surface area contributed by atoms with Crippen molar-refractivity contribution in [3.63, 3.8) is 0 Å². The van der Waals surface area contributed by atoms with Gasteiger partial charge in [-0.2, -0.15) is 0 Å². The molecule has 1 aromatic heterocycles. The van der Waals surface area contributed by atoms with Gasteiger partial charge in [-0.15, -0.1) is 0 Å². The number of benzene rings is 2. The lowest BCUT2D eigenvalue weighted by Crippen LogP contribution is -1.86. The predicted molar refractivity (Wildman–Crippen MR) is 87.4 cm³/mol. The smallest absolute Gasteiger partial charge is 0.126 e. The minimum absolute atomic E-state index is 0.498. The van der Waals surface area contributed by atoms with Gasteiger partial charge in [0.2, 0.25) is 0 Å². The van der Waals surface area contributed by atoms with E-state index < -0.39 is 0 Å². The van der Waals surface area contributed by atoms with E-state index in [1.807, 2.05) is 36.4 Å². The Labute approximate surface area is 130 Å². The van der Waals surface area contributed by atoms with E-state index in [2.05, 4.69) is 4.98 Å². The van der Waals surface area contributed by atoms with Crippen molar-refractivity contribution in [3.05, 3.63) is 58.6 Å². The van der Waals surface area contributed by atoms with Gasteiger partial charge in [0, 0.05) is 11.1 Å². The first-order chi connectivity index (χ1) is 9.65. The van der Waals surface area contributed by atoms with Crippen LogP contribution < -0.4 is 5.73 Å². The maximum atomic E-state index is 6.08. The Bertz CT molecular complexity index is 754. The summed E-state index contributed by atoms with van der Waals surface area (Å²) in [4.78, 5) is 4.61. The van der Waals surface area contributed by atoms with Crippen LogP contribution in [-0.4, -0.2) is 4.98 Å². The molecule has 0 amide bonds. The summed E-state index contributed by atoms with van der Waals surface area (Å²) in [6.45, 7) is 0. The third-order valence-electron chi connectivity index (χ3n) is 2.87. The Morgan fingerprint density at radius 3 is 2.35 bits per heavy atom. The molecule has 0 aliphatic heterocycles. The van der Waals surface area contributed by atoms with E-state index >= 15 is 0 Å². The summed E-state index contributed by atoms with van der Waals surface area (Å²) >= 11 is 13.4. The molecule has 0 unspecified atom stereocenters. The first kappa shape index (κ1) is 13.4. The second kappa shape index (κ2) is 5.44. The average molecular weight is 321 g/mol. The number of nitrogen functional groups attached to an aromatic ring is 1. The van der Waals surface area contributed by atoms with Crippen molar-refractivity contribution >= 4 is 39.5 Å². The van der Waals surface area contributed by atoms with Crippen LogP contribution in [0.25, 0.3) is 21.8 Å². The molecule has 0 bridgehead atoms. The van der Waals surface area contributed by atoms with Crippen molar-refractivity contribution in [1.82, 2.24) is 4.98 Å². The molecule has 2 N–H and O–H groups in total. The lowest BCUT2D eigenvalue weighted by Gasteiger charge is -2.01. The van der Waals surface area contributed by atoms with Crippen molar-refractivity contribution in [2.75, 3.05) is 5.73 Å². The van der Waals surface area contributed by atoms with Crippen LogP contribution in [0.15, 0.2) is 48.5 Å². The van der Waals surface area contributed by atoms with Crippen LogP contribution in [0, 0.1) is 0 Å². The minimum Gasteiger partial charge on any atom is -0.389 e. The number of rotatable bonds is 2. The molecular formula is C15H10Cl2N2S. The monoisotopic (exact) mass is 320 g/mol. The molecule has 2 aromatic carbocycles. The number of nitrogens with two attached hydrogens (primary N) is 1. The molecule has 0 saturated carbocycles. The summed E-state index contributed by atoms with van der Waals surface area (Å²) in [6.07, 6.45) is 0. The van der Waals surface area contributed by atoms with E-state index in [9.17, 15) is 0 Å². The number of halogens is 2. The lowest BCUT2D eigenvalue weighted by molar-refractivity contribution is 1.40. The van der Waals surface area contributed by atoms with Crippen LogP contribution in [0.1, 0.15) is 0 Å². The van der Waals surface area contributed by atoms with Gasteiger partial charge >= 0.3 is 0 Å². The van der Waals surface area contributed by atoms with Crippen molar-refractivity contribution in [2.45, 2.75) is 0 Å². The molecule has 0 aliphatic carbocycles. The van der Waals surface area contributed by atoms with Gasteiger partial charge in [0.25, 0.3) is 0 Å². The Balaban J connectivity index is 2.07. The fourth-order valence-corrected chi connectivity index (χ4v) is 3.04. The van der Waals surface area contributed by atoms with Crippen LogP contribution in [0.2, 0.25) is 10.0 Å². The standard InChI is InChI=1S/C15H10Cl2N2S/c16-11-7-6-10(8-12(11)17)13-14(18)20-15(19-13)9-4-2-1-3-5-9/h1-8H,18H2. The number of hydrogen-bond acceptors (Lipinski definition) is 3. The van der Waals surface area contributed by atoms with Gasteiger partial charge in [0.05, 0.1) is 10.0 Å². The molecule has 0 saturated heterocycles. The molecule has 0 fully saturated rings. The van der Waals surface area contributed by atoms with Gasteiger partial charge in [-0.05, 0) is 12.1 Å². The molecular weight excluding hydrogens is 311 g/mol. The zero-order valence-corrected chi connectivity index (χ0v) is 12.6. The largest absolute Gasteiger partial charge is 0.389 e. The molecule has 100 valence electrons. The van der Waals surface area contributed by atoms with Crippen LogP contribution >= 0.6 is 34.5 Å². The number of aromatic nitrogens is 1. The Kier molecular flexibility index (Phi) is 3.66. The number of hydrogen-bond donors (Lipinski definition) is 1. The zero-order chi connectivity index (χ0) is 14.1. The third-order valence-corrected chi connectivity index (χ3v) is 4.54. The van der Waals surface area contributed by atoms with Crippen LogP contribution in [0.3, 0.4) is 0 Å². The number of thiazole rings is 1. The summed E-state index contributed by atoms with van der Waals surface area (Å²) < 4.78 is 0. The van der Waals surface area contributed by atoms with Gasteiger partial charge in [0.15, 0.2) is 0 Å². The van der Waals surface area contributed by atoms with Crippen molar-refractivity contribution in [1.29, 1.82) is 0 Å². The minimum atomic E-state index is 0.498. The van der Waals surface area contributed by atoms with Crippen molar-refractivity contribution < 1.29 is 0 Å². The highest BCUT2D eigenvalue weighted by atomic mass is 35.5. The highest BCUT2D eigenvalue weighted by molar-refractivity contribution is 7.19. The summed E-state index contributed by atoms with van der Waals surface area (Å²) in [6, 6.07) is 15.4. The quantitative estimate of drug-likeness (QED) is 0.689. The summed E-state index contributed by atoms with van der Waals surface area (Å²) in [7, 11) is 0. The topological polar surface area (TPSA) is 38.9 Å². The van der Waals surface area contributed by atoms with E-state index in [1.54, 1.807) is 12.1 Å². The van der Waals surface area contributed by atoms with Gasteiger partial charge < -0.3 is 5.73 Å². The Morgan fingerprint density at radius 2 is 1.65 bits per heavy atom.